The maximum atomic E-state index is 13.9. The lowest BCUT2D eigenvalue weighted by atomic mass is 10.1. The Morgan fingerprint density at radius 1 is 1.48 bits per heavy atom. The van der Waals surface area contributed by atoms with Gasteiger partial charge in [-0.05, 0) is 29.7 Å². The summed E-state index contributed by atoms with van der Waals surface area (Å²) in [5.41, 5.74) is 0.274. The van der Waals surface area contributed by atoms with E-state index in [0.717, 1.165) is 24.6 Å². The van der Waals surface area contributed by atoms with Crippen LogP contribution in [0.2, 0.25) is 0 Å². The number of carboxylic acids is 1. The fraction of sp³-hybridized carbons (Fsp3) is 0.357. The molecule has 0 saturated heterocycles. The second-order valence-corrected chi connectivity index (χ2v) is 6.46. The Labute approximate surface area is 123 Å². The molecule has 5 nitrogen and oxygen atoms in total. The fourth-order valence-corrected chi connectivity index (χ4v) is 2.70. The molecule has 0 heterocycles. The minimum absolute atomic E-state index is 0.153. The van der Waals surface area contributed by atoms with Crippen LogP contribution in [0.1, 0.15) is 25.8 Å². The van der Waals surface area contributed by atoms with Crippen molar-refractivity contribution in [3.05, 3.63) is 35.7 Å². The van der Waals surface area contributed by atoms with E-state index >= 15 is 0 Å². The van der Waals surface area contributed by atoms with Gasteiger partial charge in [0.05, 0.1) is 0 Å². The normalized spacial score (nSPS) is 13.5. The van der Waals surface area contributed by atoms with Gasteiger partial charge in [-0.3, -0.25) is 0 Å². The summed E-state index contributed by atoms with van der Waals surface area (Å²) < 4.78 is 40.2. The molecule has 21 heavy (non-hydrogen) atoms. The van der Waals surface area contributed by atoms with E-state index in [9.17, 15) is 17.6 Å². The standard InChI is InChI=1S/C14H18FNO4S/c1-3-10(2)9-16-21(19,20)13-6-4-11(8-12(13)15)5-7-14(17)18/h4-8,10,16H,3,9H2,1-2H3,(H,17,18)/b7-5+. The summed E-state index contributed by atoms with van der Waals surface area (Å²) >= 11 is 0. The number of carbonyl (C=O) groups is 1. The largest absolute Gasteiger partial charge is 0.478 e. The Kier molecular flexibility index (Phi) is 6.04. The number of carboxylic acid groups (broad SMARTS) is 1. The highest BCUT2D eigenvalue weighted by Crippen LogP contribution is 2.17. The number of hydrogen-bond donors (Lipinski definition) is 2. The zero-order valence-corrected chi connectivity index (χ0v) is 12.7. The summed E-state index contributed by atoms with van der Waals surface area (Å²) in [6.45, 7) is 4.06. The minimum Gasteiger partial charge on any atom is -0.478 e. The van der Waals surface area contributed by atoms with Crippen molar-refractivity contribution in [2.45, 2.75) is 25.2 Å². The van der Waals surface area contributed by atoms with Gasteiger partial charge in [-0.1, -0.05) is 26.3 Å². The van der Waals surface area contributed by atoms with Crippen LogP contribution in [0, 0.1) is 11.7 Å². The lowest BCUT2D eigenvalue weighted by Crippen LogP contribution is -2.28. The zero-order valence-electron chi connectivity index (χ0n) is 11.8. The lowest BCUT2D eigenvalue weighted by molar-refractivity contribution is -0.131. The summed E-state index contributed by atoms with van der Waals surface area (Å²) in [5.74, 6) is -1.93. The second kappa shape index (κ2) is 7.33. The number of hydrogen-bond acceptors (Lipinski definition) is 3. The van der Waals surface area contributed by atoms with Crippen LogP contribution >= 0.6 is 0 Å². The molecule has 0 aliphatic heterocycles. The van der Waals surface area contributed by atoms with E-state index in [1.54, 1.807) is 0 Å². The van der Waals surface area contributed by atoms with E-state index < -0.39 is 26.7 Å². The van der Waals surface area contributed by atoms with Gasteiger partial charge in [0.25, 0.3) is 0 Å². The Morgan fingerprint density at radius 2 is 2.14 bits per heavy atom. The van der Waals surface area contributed by atoms with Crippen LogP contribution in [0.25, 0.3) is 6.08 Å². The van der Waals surface area contributed by atoms with Gasteiger partial charge in [-0.25, -0.2) is 22.3 Å². The topological polar surface area (TPSA) is 83.5 Å². The lowest BCUT2D eigenvalue weighted by Gasteiger charge is -2.11. The molecule has 2 N–H and O–H groups in total. The molecule has 0 saturated carbocycles. The molecule has 116 valence electrons. The average Bonchev–Trinajstić information content (AvgIpc) is 2.42. The molecule has 0 spiro atoms. The summed E-state index contributed by atoms with van der Waals surface area (Å²) in [6.07, 6.45) is 2.85. The average molecular weight is 315 g/mol. The van der Waals surface area contributed by atoms with Crippen molar-refractivity contribution in [3.8, 4) is 0 Å². The third kappa shape index (κ3) is 5.28. The third-order valence-electron chi connectivity index (χ3n) is 2.98. The van der Waals surface area contributed by atoms with Crippen molar-refractivity contribution in [3.63, 3.8) is 0 Å². The number of nitrogens with one attached hydrogen (secondary N) is 1. The molecule has 7 heteroatoms. The van der Waals surface area contributed by atoms with Crippen LogP contribution in [-0.4, -0.2) is 26.0 Å². The van der Waals surface area contributed by atoms with Crippen molar-refractivity contribution in [2.24, 2.45) is 5.92 Å². The number of benzene rings is 1. The first kappa shape index (κ1) is 17.3. The highest BCUT2D eigenvalue weighted by Gasteiger charge is 2.19. The van der Waals surface area contributed by atoms with Gasteiger partial charge >= 0.3 is 5.97 Å². The highest BCUT2D eigenvalue weighted by atomic mass is 32.2. The molecular formula is C14H18FNO4S. The van der Waals surface area contributed by atoms with Gasteiger partial charge in [0.15, 0.2) is 0 Å². The van der Waals surface area contributed by atoms with Gasteiger partial charge in [0.1, 0.15) is 10.7 Å². The first-order valence-electron chi connectivity index (χ1n) is 6.46. The Morgan fingerprint density at radius 3 is 2.67 bits per heavy atom. The molecular weight excluding hydrogens is 297 g/mol. The van der Waals surface area contributed by atoms with Crippen LogP contribution in [0.5, 0.6) is 0 Å². The SMILES string of the molecule is CCC(C)CNS(=O)(=O)c1ccc(/C=C/C(=O)O)cc1F. The smallest absolute Gasteiger partial charge is 0.328 e. The predicted molar refractivity (Wildman–Crippen MR) is 77.7 cm³/mol. The van der Waals surface area contributed by atoms with Crippen LogP contribution < -0.4 is 4.72 Å². The quantitative estimate of drug-likeness (QED) is 0.756. The summed E-state index contributed by atoms with van der Waals surface area (Å²) in [4.78, 5) is 9.93. The van der Waals surface area contributed by atoms with E-state index in [1.807, 2.05) is 13.8 Å². The number of halogens is 1. The first-order chi connectivity index (χ1) is 9.76. The molecule has 1 unspecified atom stereocenters. The van der Waals surface area contributed by atoms with Gasteiger partial charge in [-0.15, -0.1) is 0 Å². The summed E-state index contributed by atoms with van der Waals surface area (Å²) in [5, 5.41) is 8.49. The van der Waals surface area contributed by atoms with Crippen LogP contribution in [0.15, 0.2) is 29.2 Å². The monoisotopic (exact) mass is 315 g/mol. The highest BCUT2D eigenvalue weighted by molar-refractivity contribution is 7.89. The van der Waals surface area contributed by atoms with E-state index in [-0.39, 0.29) is 18.0 Å². The first-order valence-corrected chi connectivity index (χ1v) is 7.94. The molecule has 1 atom stereocenters. The summed E-state index contributed by atoms with van der Waals surface area (Å²) in [6, 6.07) is 3.45. The van der Waals surface area contributed by atoms with Gasteiger partial charge < -0.3 is 5.11 Å². The molecule has 0 fully saturated rings. The van der Waals surface area contributed by atoms with Crippen LogP contribution in [0.3, 0.4) is 0 Å². The predicted octanol–water partition coefficient (Wildman–Crippen LogP) is 2.25. The van der Waals surface area contributed by atoms with E-state index in [0.29, 0.717) is 0 Å². The second-order valence-electron chi connectivity index (χ2n) is 4.73. The molecule has 0 aliphatic carbocycles. The van der Waals surface area contributed by atoms with Gasteiger partial charge in [0, 0.05) is 12.6 Å². The van der Waals surface area contributed by atoms with Crippen molar-refractivity contribution < 1.29 is 22.7 Å². The van der Waals surface area contributed by atoms with Crippen molar-refractivity contribution in [1.29, 1.82) is 0 Å². The molecule has 0 aromatic heterocycles. The van der Waals surface area contributed by atoms with E-state index in [1.165, 1.54) is 12.1 Å². The van der Waals surface area contributed by atoms with Gasteiger partial charge in [-0.2, -0.15) is 0 Å². The van der Waals surface area contributed by atoms with E-state index in [4.69, 9.17) is 5.11 Å². The minimum atomic E-state index is -3.91. The fourth-order valence-electron chi connectivity index (χ4n) is 1.48. The van der Waals surface area contributed by atoms with Gasteiger partial charge in [0.2, 0.25) is 10.0 Å². The Hall–Kier alpha value is -1.73. The third-order valence-corrected chi connectivity index (χ3v) is 4.44. The van der Waals surface area contributed by atoms with Crippen molar-refractivity contribution in [2.75, 3.05) is 6.54 Å². The van der Waals surface area contributed by atoms with Crippen LogP contribution in [-0.2, 0) is 14.8 Å². The Bertz CT molecular complexity index is 640. The molecule has 1 rings (SSSR count). The maximum absolute atomic E-state index is 13.9. The Balaban J connectivity index is 2.96. The van der Waals surface area contributed by atoms with Crippen molar-refractivity contribution in [1.82, 2.24) is 4.72 Å². The van der Waals surface area contributed by atoms with Crippen LogP contribution in [0.4, 0.5) is 4.39 Å². The molecule has 1 aromatic carbocycles. The number of rotatable bonds is 7. The maximum Gasteiger partial charge on any atom is 0.328 e. The molecule has 0 aliphatic rings. The molecule has 0 radical (unpaired) electrons. The summed E-state index contributed by atoms with van der Waals surface area (Å²) in [7, 11) is -3.91. The van der Waals surface area contributed by atoms with E-state index in [2.05, 4.69) is 4.72 Å². The van der Waals surface area contributed by atoms with Crippen molar-refractivity contribution >= 4 is 22.1 Å². The zero-order chi connectivity index (χ0) is 16.0. The molecule has 1 aromatic rings. The number of aliphatic carboxylic acids is 1. The number of sulfonamides is 1. The molecule has 0 bridgehead atoms. The molecule has 0 amide bonds.